The summed E-state index contributed by atoms with van der Waals surface area (Å²) < 4.78 is 0. The Morgan fingerprint density at radius 3 is 2.35 bits per heavy atom. The smallest absolute Gasteiger partial charge is 0.0235 e. The number of fused-ring (bicyclic) bond motifs is 3. The maximum Gasteiger partial charge on any atom is 0.0235 e. The Bertz CT molecular complexity index is 581. The molecule has 0 aromatic heterocycles. The molecule has 0 bridgehead atoms. The molecule has 1 heterocycles. The van der Waals surface area contributed by atoms with Crippen LogP contribution >= 0.6 is 0 Å². The van der Waals surface area contributed by atoms with E-state index in [-0.39, 0.29) is 0 Å². The average Bonchev–Trinajstić information content (AvgIpc) is 3.16. The molecule has 5 rings (SSSR count). The molecule has 1 aromatic rings. The fourth-order valence-electron chi connectivity index (χ4n) is 7.04. The van der Waals surface area contributed by atoms with Gasteiger partial charge >= 0.3 is 0 Å². The lowest BCUT2D eigenvalue weighted by Crippen LogP contribution is -2.51. The molecule has 1 heteroatoms. The Labute approximate surface area is 141 Å². The second-order valence-electron chi connectivity index (χ2n) is 8.89. The highest BCUT2D eigenvalue weighted by atomic mass is 15.2. The second kappa shape index (κ2) is 5.34. The molecule has 3 fully saturated rings. The van der Waals surface area contributed by atoms with Crippen molar-refractivity contribution in [2.24, 2.45) is 11.3 Å². The quantitative estimate of drug-likeness (QED) is 0.714. The molecule has 0 spiro atoms. The number of hydrogen-bond donors (Lipinski definition) is 0. The molecular formula is C22H31N. The predicted octanol–water partition coefficient (Wildman–Crippen LogP) is 5.32. The molecule has 23 heavy (non-hydrogen) atoms. The summed E-state index contributed by atoms with van der Waals surface area (Å²) >= 11 is 0. The summed E-state index contributed by atoms with van der Waals surface area (Å²) in [6, 6.07) is 10.4. The van der Waals surface area contributed by atoms with Gasteiger partial charge in [-0.1, -0.05) is 43.5 Å². The van der Waals surface area contributed by atoms with Crippen LogP contribution in [0, 0.1) is 11.3 Å². The van der Waals surface area contributed by atoms with Crippen molar-refractivity contribution in [1.29, 1.82) is 0 Å². The monoisotopic (exact) mass is 309 g/mol. The number of likely N-dealkylation sites (N-methyl/N-ethyl adjacent to an activating group) is 1. The number of benzene rings is 1. The van der Waals surface area contributed by atoms with Gasteiger partial charge in [-0.25, -0.2) is 0 Å². The van der Waals surface area contributed by atoms with E-state index in [1.54, 1.807) is 11.1 Å². The molecular weight excluding hydrogens is 278 g/mol. The van der Waals surface area contributed by atoms with Crippen LogP contribution in [0.2, 0.25) is 0 Å². The molecule has 124 valence electrons. The minimum atomic E-state index is 0.650. The molecule has 3 atom stereocenters. The van der Waals surface area contributed by atoms with Crippen LogP contribution in [0.1, 0.15) is 80.8 Å². The Morgan fingerprint density at radius 1 is 0.913 bits per heavy atom. The Balaban J connectivity index is 1.62. The van der Waals surface area contributed by atoms with Crippen LogP contribution in [-0.4, -0.2) is 24.5 Å². The maximum atomic E-state index is 2.74. The zero-order valence-electron chi connectivity index (χ0n) is 14.6. The zero-order valence-corrected chi connectivity index (χ0v) is 14.6. The summed E-state index contributed by atoms with van der Waals surface area (Å²) in [5, 5.41) is 0. The van der Waals surface area contributed by atoms with Gasteiger partial charge in [0.2, 0.25) is 0 Å². The number of piperidine rings is 1. The number of rotatable bonds is 2. The van der Waals surface area contributed by atoms with Gasteiger partial charge in [-0.05, 0) is 74.6 Å². The first-order valence-electron chi connectivity index (χ1n) is 10.1. The van der Waals surface area contributed by atoms with E-state index < -0.39 is 0 Å². The minimum Gasteiger partial charge on any atom is -0.302 e. The predicted molar refractivity (Wildman–Crippen MR) is 95.8 cm³/mol. The summed E-state index contributed by atoms with van der Waals surface area (Å²) in [6.07, 6.45) is 13.3. The van der Waals surface area contributed by atoms with Crippen molar-refractivity contribution in [3.05, 3.63) is 35.4 Å². The molecule has 1 saturated heterocycles. The molecule has 2 saturated carbocycles. The van der Waals surface area contributed by atoms with Gasteiger partial charge in [0.15, 0.2) is 0 Å². The lowest BCUT2D eigenvalue weighted by atomic mass is 9.51. The molecule has 3 aliphatic carbocycles. The number of hydrogen-bond acceptors (Lipinski definition) is 1. The van der Waals surface area contributed by atoms with Gasteiger partial charge in [-0.3, -0.25) is 0 Å². The summed E-state index contributed by atoms with van der Waals surface area (Å²) in [5.74, 6) is 2.66. The SMILES string of the molecule is CN1CCCC2c3ccccc3C(C3(C4CCCC4)CCC3)C21. The van der Waals surface area contributed by atoms with E-state index in [1.807, 2.05) is 0 Å². The highest BCUT2D eigenvalue weighted by Gasteiger charge is 2.58. The first kappa shape index (κ1) is 14.5. The van der Waals surface area contributed by atoms with Crippen LogP contribution < -0.4 is 0 Å². The zero-order chi connectivity index (χ0) is 15.4. The third-order valence-electron chi connectivity index (χ3n) is 8.09. The molecule has 1 aromatic carbocycles. The molecule has 3 unspecified atom stereocenters. The lowest BCUT2D eigenvalue weighted by Gasteiger charge is -2.55. The van der Waals surface area contributed by atoms with E-state index in [0.29, 0.717) is 5.41 Å². The Morgan fingerprint density at radius 2 is 1.65 bits per heavy atom. The highest BCUT2D eigenvalue weighted by Crippen LogP contribution is 2.66. The Hall–Kier alpha value is -0.820. The first-order valence-corrected chi connectivity index (χ1v) is 10.1. The number of nitrogens with zero attached hydrogens (tertiary/aromatic N) is 1. The van der Waals surface area contributed by atoms with E-state index in [9.17, 15) is 0 Å². The summed E-state index contributed by atoms with van der Waals surface area (Å²) in [7, 11) is 2.41. The molecule has 0 radical (unpaired) electrons. The van der Waals surface area contributed by atoms with Crippen molar-refractivity contribution >= 4 is 0 Å². The van der Waals surface area contributed by atoms with Crippen LogP contribution in [0.4, 0.5) is 0 Å². The van der Waals surface area contributed by atoms with Crippen LogP contribution in [0.15, 0.2) is 24.3 Å². The van der Waals surface area contributed by atoms with Crippen molar-refractivity contribution in [2.45, 2.75) is 75.7 Å². The van der Waals surface area contributed by atoms with Crippen LogP contribution in [-0.2, 0) is 0 Å². The molecule has 1 aliphatic heterocycles. The van der Waals surface area contributed by atoms with Crippen molar-refractivity contribution < 1.29 is 0 Å². The van der Waals surface area contributed by atoms with Gasteiger partial charge in [0, 0.05) is 17.9 Å². The van der Waals surface area contributed by atoms with Crippen LogP contribution in [0.3, 0.4) is 0 Å². The van der Waals surface area contributed by atoms with E-state index in [0.717, 1.165) is 23.8 Å². The van der Waals surface area contributed by atoms with E-state index in [2.05, 4.69) is 36.2 Å². The van der Waals surface area contributed by atoms with Gasteiger partial charge in [-0.15, -0.1) is 0 Å². The summed E-state index contributed by atoms with van der Waals surface area (Å²) in [4.78, 5) is 2.74. The van der Waals surface area contributed by atoms with Gasteiger partial charge in [0.25, 0.3) is 0 Å². The van der Waals surface area contributed by atoms with E-state index >= 15 is 0 Å². The molecule has 1 nitrogen and oxygen atoms in total. The van der Waals surface area contributed by atoms with Gasteiger partial charge in [-0.2, -0.15) is 0 Å². The van der Waals surface area contributed by atoms with E-state index in [1.165, 1.54) is 64.3 Å². The van der Waals surface area contributed by atoms with Crippen molar-refractivity contribution in [3.63, 3.8) is 0 Å². The topological polar surface area (TPSA) is 3.24 Å². The van der Waals surface area contributed by atoms with Gasteiger partial charge in [0.05, 0.1) is 0 Å². The second-order valence-corrected chi connectivity index (χ2v) is 8.89. The number of likely N-dealkylation sites (tertiary alicyclic amines) is 1. The average molecular weight is 309 g/mol. The van der Waals surface area contributed by atoms with Crippen molar-refractivity contribution in [3.8, 4) is 0 Å². The highest BCUT2D eigenvalue weighted by molar-refractivity contribution is 5.44. The Kier molecular flexibility index (Phi) is 3.37. The first-order chi connectivity index (χ1) is 11.3. The maximum absolute atomic E-state index is 2.74. The molecule has 4 aliphatic rings. The normalized spacial score (nSPS) is 36.5. The summed E-state index contributed by atoms with van der Waals surface area (Å²) in [5.41, 5.74) is 4.12. The fraction of sp³-hybridized carbons (Fsp3) is 0.727. The lowest BCUT2D eigenvalue weighted by molar-refractivity contribution is -0.0215. The summed E-state index contributed by atoms with van der Waals surface area (Å²) in [6.45, 7) is 1.31. The fourth-order valence-corrected chi connectivity index (χ4v) is 7.04. The van der Waals surface area contributed by atoms with Crippen molar-refractivity contribution in [1.82, 2.24) is 4.90 Å². The van der Waals surface area contributed by atoms with Gasteiger partial charge < -0.3 is 4.90 Å². The van der Waals surface area contributed by atoms with Crippen molar-refractivity contribution in [2.75, 3.05) is 13.6 Å². The van der Waals surface area contributed by atoms with Crippen LogP contribution in [0.5, 0.6) is 0 Å². The van der Waals surface area contributed by atoms with Crippen LogP contribution in [0.25, 0.3) is 0 Å². The van der Waals surface area contributed by atoms with E-state index in [4.69, 9.17) is 0 Å². The van der Waals surface area contributed by atoms with Gasteiger partial charge in [0.1, 0.15) is 0 Å². The standard InChI is InChI=1S/C22H31N/c1-23-15-6-12-19-17-10-4-5-11-18(17)20(21(19)23)22(13-7-14-22)16-8-2-3-9-16/h4-5,10-11,16,19-21H,2-3,6-9,12-15H2,1H3. The molecule has 0 N–H and O–H groups in total. The largest absolute Gasteiger partial charge is 0.302 e. The third-order valence-corrected chi connectivity index (χ3v) is 8.09. The molecule has 0 amide bonds. The third kappa shape index (κ3) is 1.95. The minimum absolute atomic E-state index is 0.650.